The predicted molar refractivity (Wildman–Crippen MR) is 107 cm³/mol. The van der Waals surface area contributed by atoms with Crippen LogP contribution in [-0.4, -0.2) is 39.5 Å². The molecule has 0 atom stereocenters. The molecule has 142 valence electrons. The number of nitrogens with zero attached hydrogens (tertiary/aromatic N) is 3. The highest BCUT2D eigenvalue weighted by Gasteiger charge is 2.28. The zero-order chi connectivity index (χ0) is 19.3. The van der Waals surface area contributed by atoms with Crippen LogP contribution in [0.3, 0.4) is 0 Å². The van der Waals surface area contributed by atoms with Crippen LogP contribution in [0.1, 0.15) is 39.1 Å². The van der Waals surface area contributed by atoms with Gasteiger partial charge in [0.15, 0.2) is 5.78 Å². The van der Waals surface area contributed by atoms with Gasteiger partial charge in [-0.3, -0.25) is 14.3 Å². The molecule has 5 nitrogen and oxygen atoms in total. The van der Waals surface area contributed by atoms with Crippen molar-refractivity contribution in [3.8, 4) is 0 Å². The minimum Gasteiger partial charge on any atom is -0.339 e. The minimum absolute atomic E-state index is 0.00268. The maximum Gasteiger partial charge on any atom is 0.253 e. The van der Waals surface area contributed by atoms with E-state index in [9.17, 15) is 9.59 Å². The topological polar surface area (TPSA) is 55.2 Å². The molecule has 1 aromatic heterocycles. The Morgan fingerprint density at radius 2 is 1.61 bits per heavy atom. The molecule has 3 aromatic rings. The maximum absolute atomic E-state index is 12.8. The maximum atomic E-state index is 12.8. The Hall–Kier alpha value is -3.21. The lowest BCUT2D eigenvalue weighted by molar-refractivity contribution is 0.0650. The third-order valence-corrected chi connectivity index (χ3v) is 5.32. The van der Waals surface area contributed by atoms with Crippen molar-refractivity contribution in [1.29, 1.82) is 0 Å². The van der Waals surface area contributed by atoms with Crippen molar-refractivity contribution in [2.45, 2.75) is 19.4 Å². The van der Waals surface area contributed by atoms with Gasteiger partial charge >= 0.3 is 0 Å². The molecule has 28 heavy (non-hydrogen) atoms. The van der Waals surface area contributed by atoms with Gasteiger partial charge in [-0.1, -0.05) is 42.5 Å². The first-order valence-electron chi connectivity index (χ1n) is 9.65. The zero-order valence-electron chi connectivity index (χ0n) is 15.7. The fourth-order valence-corrected chi connectivity index (χ4v) is 3.70. The Kier molecular flexibility index (Phi) is 5.33. The van der Waals surface area contributed by atoms with E-state index in [1.54, 1.807) is 6.20 Å². The Morgan fingerprint density at radius 3 is 2.25 bits per heavy atom. The monoisotopic (exact) mass is 373 g/mol. The second-order valence-electron chi connectivity index (χ2n) is 7.20. The third kappa shape index (κ3) is 4.03. The Bertz CT molecular complexity index is 926. The summed E-state index contributed by atoms with van der Waals surface area (Å²) >= 11 is 0. The van der Waals surface area contributed by atoms with Gasteiger partial charge in [-0.05, 0) is 36.6 Å². The number of likely N-dealkylation sites (tertiary alicyclic amines) is 1. The fourth-order valence-electron chi connectivity index (χ4n) is 3.70. The van der Waals surface area contributed by atoms with Crippen molar-refractivity contribution in [2.75, 3.05) is 13.1 Å². The van der Waals surface area contributed by atoms with Gasteiger partial charge in [0.05, 0.1) is 6.54 Å². The van der Waals surface area contributed by atoms with Gasteiger partial charge in [0.2, 0.25) is 0 Å². The van der Waals surface area contributed by atoms with Crippen LogP contribution in [-0.2, 0) is 6.54 Å². The van der Waals surface area contributed by atoms with Crippen LogP contribution in [0.5, 0.6) is 0 Å². The smallest absolute Gasteiger partial charge is 0.253 e. The largest absolute Gasteiger partial charge is 0.339 e. The van der Waals surface area contributed by atoms with E-state index in [4.69, 9.17) is 0 Å². The number of hydrogen-bond acceptors (Lipinski definition) is 3. The number of piperidine rings is 1. The van der Waals surface area contributed by atoms with Crippen LogP contribution in [0, 0.1) is 5.92 Å². The van der Waals surface area contributed by atoms with Crippen LogP contribution >= 0.6 is 0 Å². The van der Waals surface area contributed by atoms with Gasteiger partial charge in [-0.25, -0.2) is 0 Å². The van der Waals surface area contributed by atoms with Gasteiger partial charge in [0, 0.05) is 42.5 Å². The molecule has 1 saturated heterocycles. The predicted octanol–water partition coefficient (Wildman–Crippen LogP) is 3.67. The van der Waals surface area contributed by atoms with Gasteiger partial charge in [0.25, 0.3) is 5.91 Å². The highest BCUT2D eigenvalue weighted by Crippen LogP contribution is 2.23. The average Bonchev–Trinajstić information content (AvgIpc) is 3.27. The van der Waals surface area contributed by atoms with E-state index in [-0.39, 0.29) is 17.6 Å². The summed E-state index contributed by atoms with van der Waals surface area (Å²) in [6.45, 7) is 1.93. The molecule has 0 unspecified atom stereocenters. The number of hydrogen-bond donors (Lipinski definition) is 0. The molecule has 2 heterocycles. The molecule has 0 bridgehead atoms. The molecular weight excluding hydrogens is 350 g/mol. The van der Waals surface area contributed by atoms with Crippen molar-refractivity contribution in [1.82, 2.24) is 14.7 Å². The molecule has 0 N–H and O–H groups in total. The Balaban J connectivity index is 1.34. The summed E-state index contributed by atoms with van der Waals surface area (Å²) in [4.78, 5) is 27.3. The highest BCUT2D eigenvalue weighted by atomic mass is 16.2. The summed E-state index contributed by atoms with van der Waals surface area (Å²) in [7, 11) is 0. The Morgan fingerprint density at radius 1 is 0.893 bits per heavy atom. The Labute approximate surface area is 164 Å². The highest BCUT2D eigenvalue weighted by molar-refractivity contribution is 5.98. The van der Waals surface area contributed by atoms with Gasteiger partial charge in [0.1, 0.15) is 0 Å². The van der Waals surface area contributed by atoms with Crippen LogP contribution in [0.2, 0.25) is 0 Å². The number of rotatable bonds is 5. The first-order valence-corrected chi connectivity index (χ1v) is 9.65. The molecule has 1 aliphatic heterocycles. The van der Waals surface area contributed by atoms with E-state index in [0.29, 0.717) is 25.2 Å². The SMILES string of the molecule is O=C(c1ccccc1)C1CCN(C(=O)c2ccc(Cn3cccn3)cc2)CC1. The summed E-state index contributed by atoms with van der Waals surface area (Å²) in [6.07, 6.45) is 5.11. The van der Waals surface area contributed by atoms with E-state index in [2.05, 4.69) is 5.10 Å². The van der Waals surface area contributed by atoms with Crippen LogP contribution in [0.25, 0.3) is 0 Å². The summed E-state index contributed by atoms with van der Waals surface area (Å²) in [5.74, 6) is 0.231. The number of carbonyl (C=O) groups excluding carboxylic acids is 2. The average molecular weight is 373 g/mol. The molecule has 0 aliphatic carbocycles. The number of amides is 1. The number of Topliss-reactive ketones (excluding diaryl/α,β-unsaturated/α-hetero) is 1. The second kappa shape index (κ2) is 8.21. The number of carbonyl (C=O) groups is 2. The third-order valence-electron chi connectivity index (χ3n) is 5.32. The summed E-state index contributed by atoms with van der Waals surface area (Å²) in [6, 6.07) is 19.0. The van der Waals surface area contributed by atoms with Crippen molar-refractivity contribution in [2.24, 2.45) is 5.92 Å². The van der Waals surface area contributed by atoms with E-state index in [1.165, 1.54) is 0 Å². The van der Waals surface area contributed by atoms with Gasteiger partial charge in [-0.2, -0.15) is 5.10 Å². The van der Waals surface area contributed by atoms with Crippen molar-refractivity contribution in [3.05, 3.63) is 89.7 Å². The minimum atomic E-state index is 0.00268. The molecule has 4 rings (SSSR count). The second-order valence-corrected chi connectivity index (χ2v) is 7.20. The first-order chi connectivity index (χ1) is 13.7. The lowest BCUT2D eigenvalue weighted by atomic mass is 9.88. The number of aromatic nitrogens is 2. The van der Waals surface area contributed by atoms with Crippen molar-refractivity contribution >= 4 is 11.7 Å². The van der Waals surface area contributed by atoms with E-state index in [1.807, 2.05) is 76.4 Å². The summed E-state index contributed by atoms with van der Waals surface area (Å²) in [5.41, 5.74) is 2.56. The summed E-state index contributed by atoms with van der Waals surface area (Å²) < 4.78 is 1.85. The van der Waals surface area contributed by atoms with Gasteiger partial charge < -0.3 is 4.90 Å². The van der Waals surface area contributed by atoms with Crippen LogP contribution in [0.4, 0.5) is 0 Å². The molecule has 2 aromatic carbocycles. The molecule has 0 saturated carbocycles. The lowest BCUT2D eigenvalue weighted by Crippen LogP contribution is -2.40. The van der Waals surface area contributed by atoms with Crippen LogP contribution < -0.4 is 0 Å². The molecule has 1 aliphatic rings. The number of benzene rings is 2. The lowest BCUT2D eigenvalue weighted by Gasteiger charge is -2.31. The zero-order valence-corrected chi connectivity index (χ0v) is 15.7. The number of ketones is 1. The molecule has 0 spiro atoms. The fraction of sp³-hybridized carbons (Fsp3) is 0.261. The van der Waals surface area contributed by atoms with Crippen molar-refractivity contribution in [3.63, 3.8) is 0 Å². The molecule has 1 fully saturated rings. The normalized spacial score (nSPS) is 14.8. The molecule has 5 heteroatoms. The molecule has 1 amide bonds. The van der Waals surface area contributed by atoms with E-state index in [0.717, 1.165) is 24.0 Å². The van der Waals surface area contributed by atoms with Crippen molar-refractivity contribution < 1.29 is 9.59 Å². The van der Waals surface area contributed by atoms with Crippen LogP contribution in [0.15, 0.2) is 73.1 Å². The first kappa shape index (κ1) is 18.2. The summed E-state index contributed by atoms with van der Waals surface area (Å²) in [5, 5.41) is 4.20. The molecule has 0 radical (unpaired) electrons. The quantitative estimate of drug-likeness (QED) is 0.641. The molecular formula is C23H23N3O2. The van der Waals surface area contributed by atoms with E-state index < -0.39 is 0 Å². The van der Waals surface area contributed by atoms with E-state index >= 15 is 0 Å². The standard InChI is InChI=1S/C23H23N3O2/c27-22(19-5-2-1-3-6-19)20-11-15-25(16-12-20)23(28)21-9-7-18(8-10-21)17-26-14-4-13-24-26/h1-10,13-14,20H,11-12,15-17H2. The van der Waals surface area contributed by atoms with Gasteiger partial charge in [-0.15, -0.1) is 0 Å².